The van der Waals surface area contributed by atoms with Crippen molar-refractivity contribution in [3.63, 3.8) is 0 Å². The summed E-state index contributed by atoms with van der Waals surface area (Å²) in [6.45, 7) is 3.51. The SMILES string of the molecule is CC(C)NC(=O)C(Cl)c1cccc(F)c1F. The zero-order chi connectivity index (χ0) is 12.3. The van der Waals surface area contributed by atoms with Crippen molar-refractivity contribution in [1.82, 2.24) is 5.32 Å². The van der Waals surface area contributed by atoms with Gasteiger partial charge in [-0.2, -0.15) is 0 Å². The Hall–Kier alpha value is -1.16. The van der Waals surface area contributed by atoms with Crippen LogP contribution in [0.25, 0.3) is 0 Å². The van der Waals surface area contributed by atoms with Crippen LogP contribution in [0, 0.1) is 11.6 Å². The smallest absolute Gasteiger partial charge is 0.242 e. The summed E-state index contributed by atoms with van der Waals surface area (Å²) in [5.74, 6) is -2.64. The molecule has 0 saturated heterocycles. The second-order valence-corrected chi connectivity index (χ2v) is 4.11. The molecule has 88 valence electrons. The number of halogens is 3. The zero-order valence-electron chi connectivity index (χ0n) is 8.93. The van der Waals surface area contributed by atoms with Gasteiger partial charge in [0.1, 0.15) is 5.38 Å². The van der Waals surface area contributed by atoms with E-state index in [1.807, 2.05) is 0 Å². The van der Waals surface area contributed by atoms with Gasteiger partial charge in [0.25, 0.3) is 0 Å². The van der Waals surface area contributed by atoms with E-state index >= 15 is 0 Å². The number of alkyl halides is 1. The molecule has 0 radical (unpaired) electrons. The fourth-order valence-electron chi connectivity index (χ4n) is 1.22. The zero-order valence-corrected chi connectivity index (χ0v) is 9.68. The molecule has 0 saturated carbocycles. The number of rotatable bonds is 3. The summed E-state index contributed by atoms with van der Waals surface area (Å²) in [7, 11) is 0. The Bertz CT molecular complexity index is 396. The van der Waals surface area contributed by atoms with Crippen LogP contribution in [0.5, 0.6) is 0 Å². The average Bonchev–Trinajstić information content (AvgIpc) is 2.20. The van der Waals surface area contributed by atoms with Crippen LogP contribution in [0.2, 0.25) is 0 Å². The topological polar surface area (TPSA) is 29.1 Å². The van der Waals surface area contributed by atoms with Crippen LogP contribution < -0.4 is 5.32 Å². The Balaban J connectivity index is 2.92. The van der Waals surface area contributed by atoms with Crippen molar-refractivity contribution in [2.75, 3.05) is 0 Å². The summed E-state index contributed by atoms with van der Waals surface area (Å²) in [5.41, 5.74) is -0.153. The van der Waals surface area contributed by atoms with Crippen LogP contribution in [0.15, 0.2) is 18.2 Å². The van der Waals surface area contributed by atoms with Crippen molar-refractivity contribution in [3.05, 3.63) is 35.4 Å². The van der Waals surface area contributed by atoms with Gasteiger partial charge in [0.2, 0.25) is 5.91 Å². The summed E-state index contributed by atoms with van der Waals surface area (Å²) in [5, 5.41) is 1.30. The molecule has 0 aliphatic heterocycles. The number of benzene rings is 1. The maximum absolute atomic E-state index is 13.3. The van der Waals surface area contributed by atoms with E-state index in [0.29, 0.717) is 0 Å². The Morgan fingerprint density at radius 2 is 2.00 bits per heavy atom. The molecule has 1 rings (SSSR count). The van der Waals surface area contributed by atoms with Gasteiger partial charge in [-0.1, -0.05) is 12.1 Å². The number of carbonyl (C=O) groups is 1. The Labute approximate surface area is 97.6 Å². The van der Waals surface area contributed by atoms with E-state index < -0.39 is 22.9 Å². The van der Waals surface area contributed by atoms with Gasteiger partial charge in [0.05, 0.1) is 0 Å². The van der Waals surface area contributed by atoms with E-state index in [-0.39, 0.29) is 11.6 Å². The molecule has 0 fully saturated rings. The van der Waals surface area contributed by atoms with Gasteiger partial charge in [-0.25, -0.2) is 8.78 Å². The minimum atomic E-state index is -1.22. The van der Waals surface area contributed by atoms with Crippen LogP contribution >= 0.6 is 11.6 Å². The average molecular weight is 248 g/mol. The molecule has 1 aromatic rings. The number of carbonyl (C=O) groups excluding carboxylic acids is 1. The summed E-state index contributed by atoms with van der Waals surface area (Å²) in [4.78, 5) is 11.5. The minimum absolute atomic E-state index is 0.106. The molecule has 0 aromatic heterocycles. The van der Waals surface area contributed by atoms with Crippen LogP contribution in [0.4, 0.5) is 8.78 Å². The Morgan fingerprint density at radius 3 is 2.56 bits per heavy atom. The summed E-state index contributed by atoms with van der Waals surface area (Å²) >= 11 is 5.76. The maximum Gasteiger partial charge on any atom is 0.242 e. The lowest BCUT2D eigenvalue weighted by molar-refractivity contribution is -0.121. The summed E-state index contributed by atoms with van der Waals surface area (Å²) < 4.78 is 26.2. The summed E-state index contributed by atoms with van der Waals surface area (Å²) in [6.07, 6.45) is 0. The van der Waals surface area contributed by atoms with Crippen molar-refractivity contribution in [2.45, 2.75) is 25.3 Å². The third-order valence-corrected chi connectivity index (χ3v) is 2.35. The van der Waals surface area contributed by atoms with Gasteiger partial charge in [-0.05, 0) is 19.9 Å². The molecule has 0 bridgehead atoms. The first-order chi connectivity index (χ1) is 7.43. The minimum Gasteiger partial charge on any atom is -0.352 e. The Kier molecular flexibility index (Phi) is 4.24. The predicted molar refractivity (Wildman–Crippen MR) is 58.2 cm³/mol. The third-order valence-electron chi connectivity index (χ3n) is 1.92. The normalized spacial score (nSPS) is 12.6. The molecule has 1 unspecified atom stereocenters. The number of hydrogen-bond acceptors (Lipinski definition) is 1. The first-order valence-electron chi connectivity index (χ1n) is 4.82. The van der Waals surface area contributed by atoms with E-state index in [2.05, 4.69) is 5.32 Å². The first kappa shape index (κ1) is 12.9. The van der Waals surface area contributed by atoms with E-state index in [0.717, 1.165) is 6.07 Å². The third kappa shape index (κ3) is 2.92. The van der Waals surface area contributed by atoms with Crippen molar-refractivity contribution in [1.29, 1.82) is 0 Å². The molecule has 1 atom stereocenters. The number of amides is 1. The predicted octanol–water partition coefficient (Wildman–Crippen LogP) is 2.77. The van der Waals surface area contributed by atoms with Crippen LogP contribution in [0.3, 0.4) is 0 Å². The van der Waals surface area contributed by atoms with E-state index in [1.54, 1.807) is 13.8 Å². The monoisotopic (exact) mass is 247 g/mol. The second kappa shape index (κ2) is 5.25. The first-order valence-corrected chi connectivity index (χ1v) is 5.25. The van der Waals surface area contributed by atoms with Crippen LogP contribution in [0.1, 0.15) is 24.8 Å². The van der Waals surface area contributed by atoms with E-state index in [9.17, 15) is 13.6 Å². The highest BCUT2D eigenvalue weighted by molar-refractivity contribution is 6.30. The fourth-order valence-corrected chi connectivity index (χ4v) is 1.45. The molecule has 1 N–H and O–H groups in total. The van der Waals surface area contributed by atoms with Crippen molar-refractivity contribution in [2.24, 2.45) is 0 Å². The van der Waals surface area contributed by atoms with E-state index in [1.165, 1.54) is 12.1 Å². The highest BCUT2D eigenvalue weighted by Gasteiger charge is 2.23. The Morgan fingerprint density at radius 1 is 1.38 bits per heavy atom. The molecular formula is C11H12ClF2NO. The van der Waals surface area contributed by atoms with Gasteiger partial charge < -0.3 is 5.32 Å². The molecule has 16 heavy (non-hydrogen) atoms. The molecule has 5 heteroatoms. The van der Waals surface area contributed by atoms with Crippen molar-refractivity contribution in [3.8, 4) is 0 Å². The lowest BCUT2D eigenvalue weighted by Gasteiger charge is -2.13. The van der Waals surface area contributed by atoms with Gasteiger partial charge >= 0.3 is 0 Å². The quantitative estimate of drug-likeness (QED) is 0.818. The molecule has 1 aromatic carbocycles. The molecule has 2 nitrogen and oxygen atoms in total. The van der Waals surface area contributed by atoms with Gasteiger partial charge in [-0.3, -0.25) is 4.79 Å². The fraction of sp³-hybridized carbons (Fsp3) is 0.364. The van der Waals surface area contributed by atoms with Gasteiger partial charge in [-0.15, -0.1) is 11.6 Å². The molecular weight excluding hydrogens is 236 g/mol. The second-order valence-electron chi connectivity index (χ2n) is 3.67. The molecule has 1 amide bonds. The van der Waals surface area contributed by atoms with E-state index in [4.69, 9.17) is 11.6 Å². The lowest BCUT2D eigenvalue weighted by atomic mass is 10.1. The molecule has 0 aliphatic rings. The molecule has 0 aliphatic carbocycles. The molecule has 0 spiro atoms. The maximum atomic E-state index is 13.3. The highest BCUT2D eigenvalue weighted by Crippen LogP contribution is 2.24. The highest BCUT2D eigenvalue weighted by atomic mass is 35.5. The van der Waals surface area contributed by atoms with Gasteiger partial charge in [0.15, 0.2) is 11.6 Å². The largest absolute Gasteiger partial charge is 0.352 e. The summed E-state index contributed by atoms with van der Waals surface area (Å²) in [6, 6.07) is 3.47. The number of hydrogen-bond donors (Lipinski definition) is 1. The van der Waals surface area contributed by atoms with Crippen molar-refractivity contribution < 1.29 is 13.6 Å². The van der Waals surface area contributed by atoms with Gasteiger partial charge in [0, 0.05) is 11.6 Å². The molecule has 0 heterocycles. The lowest BCUT2D eigenvalue weighted by Crippen LogP contribution is -2.33. The van der Waals surface area contributed by atoms with Crippen LogP contribution in [-0.4, -0.2) is 11.9 Å². The number of nitrogens with one attached hydrogen (secondary N) is 1. The van der Waals surface area contributed by atoms with Crippen LogP contribution in [-0.2, 0) is 4.79 Å². The standard InChI is InChI=1S/C11H12ClF2NO/c1-6(2)15-11(16)9(12)7-4-3-5-8(13)10(7)14/h3-6,9H,1-2H3,(H,15,16). The van der Waals surface area contributed by atoms with Crippen molar-refractivity contribution >= 4 is 17.5 Å².